The molecular formula is C13H19NO3. The zero-order valence-electron chi connectivity index (χ0n) is 10.3. The first kappa shape index (κ1) is 13.5. The number of rotatable bonds is 6. The zero-order valence-corrected chi connectivity index (χ0v) is 10.3. The number of nitrogens with zero attached hydrogens (tertiary/aromatic N) is 1. The summed E-state index contributed by atoms with van der Waals surface area (Å²) in [6.45, 7) is 4.57. The maximum absolute atomic E-state index is 11.9. The summed E-state index contributed by atoms with van der Waals surface area (Å²) in [5.41, 5.74) is 0. The largest absolute Gasteiger partial charge is 0.465 e. The van der Waals surface area contributed by atoms with Gasteiger partial charge in [0, 0.05) is 25.3 Å². The van der Waals surface area contributed by atoms with Crippen LogP contribution in [0.25, 0.3) is 6.08 Å². The Labute approximate surface area is 102 Å². The lowest BCUT2D eigenvalue weighted by atomic mass is 10.2. The first-order valence-corrected chi connectivity index (χ1v) is 5.78. The molecule has 1 rings (SSSR count). The summed E-state index contributed by atoms with van der Waals surface area (Å²) in [6.07, 6.45) is 5.31. The highest BCUT2D eigenvalue weighted by atomic mass is 16.3. The Morgan fingerprint density at radius 3 is 2.88 bits per heavy atom. The number of aliphatic hydroxyl groups is 1. The lowest BCUT2D eigenvalue weighted by Crippen LogP contribution is -2.36. The van der Waals surface area contributed by atoms with Crippen LogP contribution in [0.4, 0.5) is 0 Å². The van der Waals surface area contributed by atoms with E-state index in [1.54, 1.807) is 29.4 Å². The van der Waals surface area contributed by atoms with Gasteiger partial charge in [-0.2, -0.15) is 0 Å². The average Bonchev–Trinajstić information content (AvgIpc) is 2.79. The predicted octanol–water partition coefficient (Wildman–Crippen LogP) is 1.91. The van der Waals surface area contributed by atoms with Gasteiger partial charge in [0.2, 0.25) is 5.91 Å². The molecule has 94 valence electrons. The van der Waals surface area contributed by atoms with Crippen molar-refractivity contribution in [3.05, 3.63) is 30.2 Å². The normalized spacial score (nSPS) is 11.3. The van der Waals surface area contributed by atoms with Gasteiger partial charge >= 0.3 is 0 Å². The van der Waals surface area contributed by atoms with Crippen molar-refractivity contribution in [3.8, 4) is 0 Å². The van der Waals surface area contributed by atoms with E-state index in [0.717, 1.165) is 0 Å². The Bertz CT molecular complexity index is 355. The molecule has 4 heteroatoms. The Balaban J connectivity index is 2.58. The number of furan rings is 1. The molecule has 0 aliphatic heterocycles. The van der Waals surface area contributed by atoms with Crippen LogP contribution >= 0.6 is 0 Å². The molecule has 0 atom stereocenters. The predicted molar refractivity (Wildman–Crippen MR) is 66.3 cm³/mol. The minimum absolute atomic E-state index is 0.0650. The third-order valence-corrected chi connectivity index (χ3v) is 2.40. The van der Waals surface area contributed by atoms with Crippen LogP contribution < -0.4 is 0 Å². The molecule has 0 radical (unpaired) electrons. The Kier molecular flexibility index (Phi) is 5.49. The molecule has 1 aromatic rings. The lowest BCUT2D eigenvalue weighted by molar-refractivity contribution is -0.127. The molecule has 1 N–H and O–H groups in total. The topological polar surface area (TPSA) is 53.7 Å². The first-order chi connectivity index (χ1) is 8.15. The van der Waals surface area contributed by atoms with Crippen molar-refractivity contribution in [2.24, 2.45) is 0 Å². The van der Waals surface area contributed by atoms with Crippen LogP contribution in [0.2, 0.25) is 0 Å². The molecule has 1 heterocycles. The molecule has 0 aromatic carbocycles. The van der Waals surface area contributed by atoms with Crippen molar-refractivity contribution in [2.45, 2.75) is 26.3 Å². The van der Waals surface area contributed by atoms with Crippen molar-refractivity contribution in [1.82, 2.24) is 4.90 Å². The van der Waals surface area contributed by atoms with Crippen LogP contribution in [0.1, 0.15) is 26.0 Å². The lowest BCUT2D eigenvalue weighted by Gasteiger charge is -2.25. The standard InChI is InChI=1S/C13H19NO3/c1-11(2)14(8-4-9-15)13(16)7-6-12-5-3-10-17-12/h3,5-7,10-11,15H,4,8-9H2,1-2H3/b7-6+. The maximum Gasteiger partial charge on any atom is 0.246 e. The third-order valence-electron chi connectivity index (χ3n) is 2.40. The minimum Gasteiger partial charge on any atom is -0.465 e. The Morgan fingerprint density at radius 2 is 2.35 bits per heavy atom. The fraction of sp³-hybridized carbons (Fsp3) is 0.462. The van der Waals surface area contributed by atoms with Crippen molar-refractivity contribution < 1.29 is 14.3 Å². The van der Waals surface area contributed by atoms with Gasteiger partial charge < -0.3 is 14.4 Å². The smallest absolute Gasteiger partial charge is 0.246 e. The second-order valence-corrected chi connectivity index (χ2v) is 4.05. The molecule has 0 bridgehead atoms. The van der Waals surface area contributed by atoms with E-state index in [1.165, 1.54) is 6.08 Å². The Hall–Kier alpha value is -1.55. The van der Waals surface area contributed by atoms with Crippen molar-refractivity contribution in [2.75, 3.05) is 13.2 Å². The van der Waals surface area contributed by atoms with Gasteiger partial charge in [-0.25, -0.2) is 0 Å². The van der Waals surface area contributed by atoms with E-state index in [1.807, 2.05) is 13.8 Å². The fourth-order valence-corrected chi connectivity index (χ4v) is 1.50. The van der Waals surface area contributed by atoms with Crippen LogP contribution in [0.15, 0.2) is 28.9 Å². The number of amides is 1. The van der Waals surface area contributed by atoms with Gasteiger partial charge in [0.15, 0.2) is 0 Å². The van der Waals surface area contributed by atoms with Crippen molar-refractivity contribution in [1.29, 1.82) is 0 Å². The van der Waals surface area contributed by atoms with Gasteiger partial charge in [0.05, 0.1) is 6.26 Å². The van der Waals surface area contributed by atoms with E-state index in [-0.39, 0.29) is 18.6 Å². The Morgan fingerprint density at radius 1 is 1.59 bits per heavy atom. The molecule has 1 amide bonds. The third kappa shape index (κ3) is 4.44. The van der Waals surface area contributed by atoms with Gasteiger partial charge in [0.1, 0.15) is 5.76 Å². The zero-order chi connectivity index (χ0) is 12.7. The highest BCUT2D eigenvalue weighted by molar-refractivity contribution is 5.91. The number of hydrogen-bond donors (Lipinski definition) is 1. The molecule has 0 spiro atoms. The highest BCUT2D eigenvalue weighted by Crippen LogP contribution is 2.06. The summed E-state index contributed by atoms with van der Waals surface area (Å²) in [5.74, 6) is 0.592. The summed E-state index contributed by atoms with van der Waals surface area (Å²) in [7, 11) is 0. The van der Waals surface area contributed by atoms with Gasteiger partial charge in [-0.05, 0) is 38.5 Å². The van der Waals surface area contributed by atoms with Crippen LogP contribution in [0.5, 0.6) is 0 Å². The molecule has 0 aliphatic rings. The van der Waals surface area contributed by atoms with Gasteiger partial charge in [0.25, 0.3) is 0 Å². The molecule has 1 aromatic heterocycles. The van der Waals surface area contributed by atoms with Crippen molar-refractivity contribution in [3.63, 3.8) is 0 Å². The quantitative estimate of drug-likeness (QED) is 0.769. The first-order valence-electron chi connectivity index (χ1n) is 5.78. The van der Waals surface area contributed by atoms with Gasteiger partial charge in [-0.3, -0.25) is 4.79 Å². The number of hydrogen-bond acceptors (Lipinski definition) is 3. The maximum atomic E-state index is 11.9. The minimum atomic E-state index is -0.0650. The summed E-state index contributed by atoms with van der Waals surface area (Å²) in [4.78, 5) is 13.6. The van der Waals surface area contributed by atoms with E-state index in [4.69, 9.17) is 9.52 Å². The fourth-order valence-electron chi connectivity index (χ4n) is 1.50. The second kappa shape index (κ2) is 6.91. The molecule has 0 saturated heterocycles. The van der Waals surface area contributed by atoms with Crippen LogP contribution in [-0.4, -0.2) is 35.1 Å². The van der Waals surface area contributed by atoms with Gasteiger partial charge in [-0.1, -0.05) is 0 Å². The van der Waals surface area contributed by atoms with E-state index in [2.05, 4.69) is 0 Å². The number of aliphatic hydroxyl groups excluding tert-OH is 1. The van der Waals surface area contributed by atoms with Crippen LogP contribution in [-0.2, 0) is 4.79 Å². The summed E-state index contributed by atoms with van der Waals surface area (Å²) < 4.78 is 5.11. The van der Waals surface area contributed by atoms with Crippen LogP contribution in [0.3, 0.4) is 0 Å². The van der Waals surface area contributed by atoms with E-state index >= 15 is 0 Å². The van der Waals surface area contributed by atoms with E-state index in [9.17, 15) is 4.79 Å². The molecule has 0 unspecified atom stereocenters. The van der Waals surface area contributed by atoms with Crippen molar-refractivity contribution >= 4 is 12.0 Å². The molecule has 4 nitrogen and oxygen atoms in total. The SMILES string of the molecule is CC(C)N(CCCO)C(=O)/C=C/c1ccco1. The molecular weight excluding hydrogens is 218 g/mol. The van der Waals surface area contributed by atoms with E-state index in [0.29, 0.717) is 18.7 Å². The van der Waals surface area contributed by atoms with Gasteiger partial charge in [-0.15, -0.1) is 0 Å². The number of carbonyl (C=O) groups excluding carboxylic acids is 1. The summed E-state index contributed by atoms with van der Waals surface area (Å²) in [6, 6.07) is 3.68. The number of carbonyl (C=O) groups is 1. The monoisotopic (exact) mass is 237 g/mol. The molecule has 0 fully saturated rings. The van der Waals surface area contributed by atoms with Crippen LogP contribution in [0, 0.1) is 0 Å². The highest BCUT2D eigenvalue weighted by Gasteiger charge is 2.13. The molecule has 0 aliphatic carbocycles. The average molecular weight is 237 g/mol. The molecule has 0 saturated carbocycles. The summed E-state index contributed by atoms with van der Waals surface area (Å²) >= 11 is 0. The van der Waals surface area contributed by atoms with E-state index < -0.39 is 0 Å². The second-order valence-electron chi connectivity index (χ2n) is 4.05. The summed E-state index contributed by atoms with van der Waals surface area (Å²) in [5, 5.41) is 8.79. The molecule has 17 heavy (non-hydrogen) atoms.